The summed E-state index contributed by atoms with van der Waals surface area (Å²) in [5.41, 5.74) is -0.365. The molecule has 0 bridgehead atoms. The first-order chi connectivity index (χ1) is 12.9. The third-order valence-electron chi connectivity index (χ3n) is 4.12. The van der Waals surface area contributed by atoms with Crippen LogP contribution in [0.1, 0.15) is 25.2 Å². The molecule has 1 N–H and O–H groups in total. The number of phenolic OH excluding ortho intramolecular Hbond substituents is 1. The second-order valence-corrected chi connectivity index (χ2v) is 7.80. The predicted molar refractivity (Wildman–Crippen MR) is 105 cm³/mol. The maximum Gasteiger partial charge on any atom is 0.352 e. The normalized spacial score (nSPS) is 16.2. The summed E-state index contributed by atoms with van der Waals surface area (Å²) in [6, 6.07) is 2.64. The van der Waals surface area contributed by atoms with Gasteiger partial charge < -0.3 is 23.6 Å². The Balaban J connectivity index is 0.00000392. The number of nitro groups is 1. The van der Waals surface area contributed by atoms with Crippen LogP contribution in [0.5, 0.6) is 11.5 Å². The lowest BCUT2D eigenvalue weighted by Crippen LogP contribution is -2.39. The molecule has 10 nitrogen and oxygen atoms in total. The van der Waals surface area contributed by atoms with Crippen LogP contribution >= 0.6 is 20.0 Å². The van der Waals surface area contributed by atoms with E-state index in [1.807, 2.05) is 0 Å². The topological polar surface area (TPSA) is 121 Å². The van der Waals surface area contributed by atoms with E-state index in [0.29, 0.717) is 26.3 Å². The molecule has 0 radical (unpaired) electrons. The summed E-state index contributed by atoms with van der Waals surface area (Å²) in [7, 11) is -2.58. The highest BCUT2D eigenvalue weighted by Crippen LogP contribution is 2.64. The van der Waals surface area contributed by atoms with E-state index in [9.17, 15) is 19.8 Å². The van der Waals surface area contributed by atoms with Crippen molar-refractivity contribution >= 4 is 25.7 Å². The van der Waals surface area contributed by atoms with Gasteiger partial charge >= 0.3 is 13.3 Å². The maximum absolute atomic E-state index is 13.6. The molecule has 1 fully saturated rings. The number of benzene rings is 1. The molecule has 1 heterocycles. The molecule has 1 aliphatic heterocycles. The lowest BCUT2D eigenvalue weighted by molar-refractivity contribution is -0.386. The Labute approximate surface area is 169 Å². The van der Waals surface area contributed by atoms with Crippen molar-refractivity contribution in [3.63, 3.8) is 0 Å². The van der Waals surface area contributed by atoms with E-state index in [1.165, 1.54) is 19.2 Å². The first kappa shape index (κ1) is 24.6. The maximum atomic E-state index is 13.6. The number of rotatable bonds is 9. The minimum atomic E-state index is -3.80. The monoisotopic (exact) mass is 440 g/mol. The van der Waals surface area contributed by atoms with Gasteiger partial charge in [0.1, 0.15) is 5.78 Å². The van der Waals surface area contributed by atoms with Gasteiger partial charge in [0.05, 0.1) is 44.0 Å². The van der Waals surface area contributed by atoms with E-state index in [-0.39, 0.29) is 42.7 Å². The van der Waals surface area contributed by atoms with Crippen molar-refractivity contribution in [3.05, 3.63) is 27.8 Å². The van der Waals surface area contributed by atoms with Crippen LogP contribution in [0.2, 0.25) is 0 Å². The fourth-order valence-electron chi connectivity index (χ4n) is 3.10. The molecule has 1 atom stereocenters. The number of methoxy groups -OCH3 is 1. The number of halogens is 1. The zero-order valence-electron chi connectivity index (χ0n) is 16.0. The van der Waals surface area contributed by atoms with E-state index < -0.39 is 24.0 Å². The molecule has 1 aromatic carbocycles. The number of hydrogen-bond donors (Lipinski definition) is 1. The molecule has 28 heavy (non-hydrogen) atoms. The van der Waals surface area contributed by atoms with Crippen molar-refractivity contribution in [2.45, 2.75) is 19.6 Å². The van der Waals surface area contributed by atoms with Crippen LogP contribution < -0.4 is 4.74 Å². The molecule has 1 saturated heterocycles. The van der Waals surface area contributed by atoms with Crippen LogP contribution in [-0.2, 0) is 18.3 Å². The second kappa shape index (κ2) is 10.9. The molecule has 0 aliphatic carbocycles. The zero-order chi connectivity index (χ0) is 20.0. The molecule has 1 aliphatic rings. The summed E-state index contributed by atoms with van der Waals surface area (Å²) >= 11 is 0. The Morgan fingerprint density at radius 1 is 1.29 bits per heavy atom. The first-order valence-corrected chi connectivity index (χ1v) is 10.3. The van der Waals surface area contributed by atoms with Gasteiger partial charge in [-0.3, -0.25) is 19.6 Å². The van der Waals surface area contributed by atoms with E-state index in [4.69, 9.17) is 18.5 Å². The highest BCUT2D eigenvalue weighted by atomic mass is 35.5. The van der Waals surface area contributed by atoms with Crippen molar-refractivity contribution in [1.29, 1.82) is 0 Å². The van der Waals surface area contributed by atoms with Crippen LogP contribution in [0.4, 0.5) is 5.69 Å². The predicted octanol–water partition coefficient (Wildman–Crippen LogP) is 3.33. The molecular formula is C16H26ClN2O8P. The SMILES string of the molecule is CCOP(=O)(OCC)C(c1ccc(O)c(OC)c1[N+](=O)[O-])N1CCOCC1.Cl. The van der Waals surface area contributed by atoms with E-state index in [2.05, 4.69) is 0 Å². The van der Waals surface area contributed by atoms with Crippen molar-refractivity contribution in [1.82, 2.24) is 4.90 Å². The van der Waals surface area contributed by atoms with Gasteiger partial charge in [0.15, 0.2) is 5.75 Å². The summed E-state index contributed by atoms with van der Waals surface area (Å²) in [4.78, 5) is 12.9. The van der Waals surface area contributed by atoms with Gasteiger partial charge in [-0.15, -0.1) is 12.4 Å². The smallest absolute Gasteiger partial charge is 0.352 e. The number of ether oxygens (including phenoxy) is 2. The lowest BCUT2D eigenvalue weighted by atomic mass is 10.1. The standard InChI is InChI=1S/C16H25N2O8P.ClH/c1-4-25-27(22,26-5-2)16(17-8-10-24-11-9-17)12-6-7-13(19)15(23-3)14(12)18(20)21;/h6-7,16,19H,4-5,8-11H2,1-3H3;1H. The summed E-state index contributed by atoms with van der Waals surface area (Å²) in [5, 5.41) is 21.8. The van der Waals surface area contributed by atoms with Crippen LogP contribution in [0, 0.1) is 10.1 Å². The summed E-state index contributed by atoms with van der Waals surface area (Å²) < 4.78 is 35.0. The van der Waals surface area contributed by atoms with Crippen LogP contribution in [-0.4, -0.2) is 61.6 Å². The summed E-state index contributed by atoms with van der Waals surface area (Å²) in [6.45, 7) is 5.14. The molecule has 2 rings (SSSR count). The molecular weight excluding hydrogens is 415 g/mol. The Kier molecular flexibility index (Phi) is 9.62. The van der Waals surface area contributed by atoms with Gasteiger partial charge in [-0.05, 0) is 26.0 Å². The van der Waals surface area contributed by atoms with Crippen molar-refractivity contribution < 1.29 is 33.1 Å². The molecule has 1 aromatic rings. The Bertz CT molecular complexity index is 704. The minimum Gasteiger partial charge on any atom is -0.504 e. The Morgan fingerprint density at radius 3 is 2.32 bits per heavy atom. The van der Waals surface area contributed by atoms with Crippen molar-refractivity contribution in [2.75, 3.05) is 46.6 Å². The molecule has 0 saturated carbocycles. The fraction of sp³-hybridized carbons (Fsp3) is 0.625. The average molecular weight is 441 g/mol. The highest BCUT2D eigenvalue weighted by molar-refractivity contribution is 7.54. The summed E-state index contributed by atoms with van der Waals surface area (Å²) in [6.07, 6.45) is 0. The summed E-state index contributed by atoms with van der Waals surface area (Å²) in [5.74, 6) is -1.71. The van der Waals surface area contributed by atoms with Gasteiger partial charge in [0.2, 0.25) is 5.75 Å². The second-order valence-electron chi connectivity index (χ2n) is 5.71. The van der Waals surface area contributed by atoms with Gasteiger partial charge in [-0.1, -0.05) is 0 Å². The number of aromatic hydroxyl groups is 1. The molecule has 1 unspecified atom stereocenters. The zero-order valence-corrected chi connectivity index (χ0v) is 17.7. The number of phenols is 1. The Morgan fingerprint density at radius 2 is 1.86 bits per heavy atom. The quantitative estimate of drug-likeness (QED) is 0.350. The van der Waals surface area contributed by atoms with Crippen LogP contribution in [0.25, 0.3) is 0 Å². The molecule has 0 spiro atoms. The third-order valence-corrected chi connectivity index (χ3v) is 6.56. The molecule has 0 aromatic heterocycles. The first-order valence-electron chi connectivity index (χ1n) is 8.64. The van der Waals surface area contributed by atoms with Gasteiger partial charge in [0, 0.05) is 13.1 Å². The third kappa shape index (κ3) is 5.14. The van der Waals surface area contributed by atoms with Gasteiger partial charge in [0.25, 0.3) is 0 Å². The molecule has 160 valence electrons. The molecule has 12 heteroatoms. The number of nitro benzene ring substituents is 1. The van der Waals surface area contributed by atoms with Gasteiger partial charge in [-0.25, -0.2) is 0 Å². The van der Waals surface area contributed by atoms with Crippen LogP contribution in [0.15, 0.2) is 12.1 Å². The number of nitrogens with zero attached hydrogens (tertiary/aromatic N) is 2. The minimum absolute atomic E-state index is 0. The molecule has 0 amide bonds. The van der Waals surface area contributed by atoms with Crippen LogP contribution in [0.3, 0.4) is 0 Å². The average Bonchev–Trinajstić information content (AvgIpc) is 2.63. The van der Waals surface area contributed by atoms with E-state index >= 15 is 0 Å². The largest absolute Gasteiger partial charge is 0.504 e. The fourth-order valence-corrected chi connectivity index (χ4v) is 5.36. The van der Waals surface area contributed by atoms with Gasteiger partial charge in [-0.2, -0.15) is 0 Å². The lowest BCUT2D eigenvalue weighted by Gasteiger charge is -2.37. The van der Waals surface area contributed by atoms with Crippen molar-refractivity contribution in [2.24, 2.45) is 0 Å². The van der Waals surface area contributed by atoms with E-state index in [0.717, 1.165) is 0 Å². The number of hydrogen-bond acceptors (Lipinski definition) is 9. The Hall–Kier alpha value is -1.42. The van der Waals surface area contributed by atoms with Crippen molar-refractivity contribution in [3.8, 4) is 11.5 Å². The van der Waals surface area contributed by atoms with E-state index in [1.54, 1.807) is 18.7 Å². The number of morpholine rings is 1. The highest BCUT2D eigenvalue weighted by Gasteiger charge is 2.46.